The molecule has 1 aromatic heterocycles. The molecule has 10 nitrogen and oxygen atoms in total. The number of nitro benzene ring substituents is 1. The van der Waals surface area contributed by atoms with Crippen LogP contribution in [0.25, 0.3) is 11.0 Å². The number of para-hydroxylation sites is 3. The molecule has 34 heavy (non-hydrogen) atoms. The van der Waals surface area contributed by atoms with Gasteiger partial charge in [0.1, 0.15) is 22.6 Å². The molecule has 0 spiro atoms. The highest BCUT2D eigenvalue weighted by atomic mass is 35.5. The lowest BCUT2D eigenvalue weighted by Crippen LogP contribution is -2.29. The number of anilines is 2. The van der Waals surface area contributed by atoms with Gasteiger partial charge in [-0.3, -0.25) is 20.3 Å². The van der Waals surface area contributed by atoms with Crippen molar-refractivity contribution in [2.75, 3.05) is 10.7 Å². The van der Waals surface area contributed by atoms with Gasteiger partial charge in [-0.05, 0) is 36.4 Å². The first-order valence-electron chi connectivity index (χ1n) is 9.74. The maximum atomic E-state index is 13.2. The summed E-state index contributed by atoms with van der Waals surface area (Å²) in [6.07, 6.45) is 0. The van der Waals surface area contributed by atoms with Crippen molar-refractivity contribution in [2.24, 2.45) is 5.10 Å². The van der Waals surface area contributed by atoms with Crippen molar-refractivity contribution >= 4 is 51.3 Å². The summed E-state index contributed by atoms with van der Waals surface area (Å²) >= 11 is 5.97. The number of benzene rings is 3. The summed E-state index contributed by atoms with van der Waals surface area (Å²) < 4.78 is 5.25. The van der Waals surface area contributed by atoms with E-state index in [1.165, 1.54) is 42.5 Å². The number of aromatic hydroxyl groups is 1. The van der Waals surface area contributed by atoms with Crippen molar-refractivity contribution in [1.29, 1.82) is 0 Å². The van der Waals surface area contributed by atoms with Gasteiger partial charge in [0, 0.05) is 11.1 Å². The molecule has 4 aromatic rings. The topological polar surface area (TPSA) is 147 Å². The molecule has 0 fully saturated rings. The minimum Gasteiger partial charge on any atom is -0.506 e. The van der Waals surface area contributed by atoms with Gasteiger partial charge in [-0.15, -0.1) is 0 Å². The van der Waals surface area contributed by atoms with E-state index in [2.05, 4.69) is 15.8 Å². The van der Waals surface area contributed by atoms with E-state index in [9.17, 15) is 24.8 Å². The molecule has 0 radical (unpaired) electrons. The molecule has 0 saturated carbocycles. The van der Waals surface area contributed by atoms with Crippen LogP contribution in [0.1, 0.15) is 5.56 Å². The van der Waals surface area contributed by atoms with E-state index in [-0.39, 0.29) is 22.3 Å². The summed E-state index contributed by atoms with van der Waals surface area (Å²) in [5.41, 5.74) is 0.491. The summed E-state index contributed by atoms with van der Waals surface area (Å²) in [4.78, 5) is 36.6. The Morgan fingerprint density at radius 3 is 2.56 bits per heavy atom. The van der Waals surface area contributed by atoms with E-state index in [0.29, 0.717) is 10.7 Å². The van der Waals surface area contributed by atoms with Crippen LogP contribution in [0.15, 0.2) is 87.1 Å². The van der Waals surface area contributed by atoms with E-state index < -0.39 is 33.5 Å². The summed E-state index contributed by atoms with van der Waals surface area (Å²) in [7, 11) is 0. The quantitative estimate of drug-likeness (QED) is 0.160. The first-order chi connectivity index (χ1) is 16.3. The largest absolute Gasteiger partial charge is 0.506 e. The van der Waals surface area contributed by atoms with Gasteiger partial charge in [-0.25, -0.2) is 4.79 Å². The second kappa shape index (κ2) is 9.43. The van der Waals surface area contributed by atoms with Crippen LogP contribution in [0.5, 0.6) is 5.75 Å². The number of fused-ring (bicyclic) bond motifs is 1. The van der Waals surface area contributed by atoms with Crippen molar-refractivity contribution in [2.45, 2.75) is 0 Å². The minimum absolute atomic E-state index is 0.106. The van der Waals surface area contributed by atoms with E-state index in [0.717, 1.165) is 0 Å². The predicted octanol–water partition coefficient (Wildman–Crippen LogP) is 4.52. The predicted molar refractivity (Wildman–Crippen MR) is 127 cm³/mol. The zero-order valence-electron chi connectivity index (χ0n) is 17.2. The second-order valence-corrected chi connectivity index (χ2v) is 7.36. The SMILES string of the molecule is O=C(Nc1ccccc1[N+](=O)[O-])/C(=N/Nc1cccc(Cl)c1)c1c(O)c2ccccc2oc1=O. The van der Waals surface area contributed by atoms with Gasteiger partial charge < -0.3 is 14.8 Å². The van der Waals surface area contributed by atoms with Crippen molar-refractivity contribution < 1.29 is 19.2 Å². The molecule has 0 saturated heterocycles. The normalized spacial score (nSPS) is 11.3. The van der Waals surface area contributed by atoms with Crippen LogP contribution in [0.2, 0.25) is 5.02 Å². The highest BCUT2D eigenvalue weighted by molar-refractivity contribution is 6.49. The maximum absolute atomic E-state index is 13.2. The van der Waals surface area contributed by atoms with Crippen molar-refractivity contribution in [3.63, 3.8) is 0 Å². The summed E-state index contributed by atoms with van der Waals surface area (Å²) in [6.45, 7) is 0. The van der Waals surface area contributed by atoms with Crippen LogP contribution >= 0.6 is 11.6 Å². The van der Waals surface area contributed by atoms with Crippen LogP contribution in [0.3, 0.4) is 0 Å². The number of halogens is 1. The fourth-order valence-electron chi connectivity index (χ4n) is 3.16. The summed E-state index contributed by atoms with van der Waals surface area (Å²) in [5.74, 6) is -1.53. The van der Waals surface area contributed by atoms with Crippen LogP contribution in [-0.2, 0) is 4.79 Å². The summed E-state index contributed by atoms with van der Waals surface area (Å²) in [6, 6.07) is 18.0. The van der Waals surface area contributed by atoms with Crippen molar-refractivity contribution in [1.82, 2.24) is 0 Å². The van der Waals surface area contributed by atoms with Gasteiger partial charge in [0.25, 0.3) is 11.6 Å². The standard InChI is InChI=1S/C23H15ClN4O6/c24-13-6-5-7-14(12-13)26-27-20(22(30)25-16-9-2-3-10-17(16)28(32)33)19-21(29)15-8-1-4-11-18(15)34-23(19)31/h1-12,26,29H,(H,25,30)/b27-20+. The molecular formula is C23H15ClN4O6. The Bertz CT molecular complexity index is 1520. The maximum Gasteiger partial charge on any atom is 0.349 e. The Labute approximate surface area is 196 Å². The molecule has 0 unspecified atom stereocenters. The molecule has 11 heteroatoms. The van der Waals surface area contributed by atoms with Crippen molar-refractivity contribution in [3.8, 4) is 5.75 Å². The lowest BCUT2D eigenvalue weighted by atomic mass is 10.1. The molecule has 0 atom stereocenters. The smallest absolute Gasteiger partial charge is 0.349 e. The molecule has 0 aliphatic carbocycles. The van der Waals surface area contributed by atoms with Gasteiger partial charge in [0.15, 0.2) is 5.71 Å². The number of hydrazone groups is 1. The lowest BCUT2D eigenvalue weighted by Gasteiger charge is -2.11. The third kappa shape index (κ3) is 4.57. The van der Waals surface area contributed by atoms with Crippen LogP contribution in [0.4, 0.5) is 17.1 Å². The van der Waals surface area contributed by atoms with Crippen molar-refractivity contribution in [3.05, 3.63) is 104 Å². The fourth-order valence-corrected chi connectivity index (χ4v) is 3.35. The Morgan fingerprint density at radius 2 is 1.79 bits per heavy atom. The number of nitrogens with one attached hydrogen (secondary N) is 2. The fraction of sp³-hybridized carbons (Fsp3) is 0. The monoisotopic (exact) mass is 478 g/mol. The minimum atomic E-state index is -1.03. The molecule has 0 aliphatic heterocycles. The van der Waals surface area contributed by atoms with E-state index in [1.54, 1.807) is 30.3 Å². The van der Waals surface area contributed by atoms with Gasteiger partial charge in [0.2, 0.25) is 0 Å². The number of nitro groups is 1. The third-order valence-corrected chi connectivity index (χ3v) is 4.94. The molecule has 4 rings (SSSR count). The Balaban J connectivity index is 1.84. The second-order valence-electron chi connectivity index (χ2n) is 6.92. The number of carbonyl (C=O) groups is 1. The third-order valence-electron chi connectivity index (χ3n) is 4.71. The van der Waals surface area contributed by atoms with Gasteiger partial charge in [0.05, 0.1) is 16.0 Å². The Hall–Kier alpha value is -4.70. The van der Waals surface area contributed by atoms with E-state index in [1.807, 2.05) is 0 Å². The van der Waals surface area contributed by atoms with E-state index in [4.69, 9.17) is 16.0 Å². The number of nitrogens with zero attached hydrogens (tertiary/aromatic N) is 2. The van der Waals surface area contributed by atoms with Crippen LogP contribution in [0, 0.1) is 10.1 Å². The number of hydrogen-bond donors (Lipinski definition) is 3. The number of hydrogen-bond acceptors (Lipinski definition) is 8. The molecule has 0 bridgehead atoms. The molecule has 0 aliphatic rings. The molecule has 170 valence electrons. The molecule has 3 N–H and O–H groups in total. The highest BCUT2D eigenvalue weighted by Gasteiger charge is 2.27. The number of rotatable bonds is 6. The zero-order valence-corrected chi connectivity index (χ0v) is 17.9. The molecular weight excluding hydrogens is 464 g/mol. The lowest BCUT2D eigenvalue weighted by molar-refractivity contribution is -0.383. The van der Waals surface area contributed by atoms with E-state index >= 15 is 0 Å². The van der Waals surface area contributed by atoms with Gasteiger partial charge in [-0.1, -0.05) is 41.9 Å². The highest BCUT2D eigenvalue weighted by Crippen LogP contribution is 2.28. The van der Waals surface area contributed by atoms with Gasteiger partial charge >= 0.3 is 5.63 Å². The Morgan fingerprint density at radius 1 is 1.06 bits per heavy atom. The van der Waals surface area contributed by atoms with Gasteiger partial charge in [-0.2, -0.15) is 5.10 Å². The van der Waals surface area contributed by atoms with Crippen LogP contribution in [-0.4, -0.2) is 21.6 Å². The number of carbonyl (C=O) groups excluding carboxylic acids is 1. The first kappa shape index (κ1) is 22.5. The number of amides is 1. The Kier molecular flexibility index (Phi) is 6.24. The first-order valence-corrected chi connectivity index (χ1v) is 10.1. The summed E-state index contributed by atoms with van der Waals surface area (Å²) in [5, 5.41) is 29.1. The average molecular weight is 479 g/mol. The molecule has 3 aromatic carbocycles. The molecule has 1 heterocycles. The average Bonchev–Trinajstić information content (AvgIpc) is 2.81. The van der Waals surface area contributed by atoms with Crippen LogP contribution < -0.4 is 16.4 Å². The molecule has 1 amide bonds. The zero-order chi connectivity index (χ0) is 24.2.